The van der Waals surface area contributed by atoms with Crippen molar-refractivity contribution in [1.82, 2.24) is 4.98 Å². The molecule has 1 N–H and O–H groups in total. The number of rotatable bonds is 5. The fraction of sp³-hybridized carbons (Fsp3) is 0.333. The van der Waals surface area contributed by atoms with E-state index in [4.69, 9.17) is 32.7 Å². The van der Waals surface area contributed by atoms with E-state index >= 15 is 0 Å². The summed E-state index contributed by atoms with van der Waals surface area (Å²) in [5, 5.41) is 3.38. The molecule has 0 bridgehead atoms. The molecule has 0 saturated carbocycles. The number of carbonyl (C=O) groups excluding carboxylic acids is 1. The SMILES string of the molecule is CC(Oc1cccc(Cl)c1Cl)C(=O)Nc1ccc(N2CCOCC2)cn1. The maximum Gasteiger partial charge on any atom is 0.266 e. The van der Waals surface area contributed by atoms with Crippen LogP contribution >= 0.6 is 23.2 Å². The summed E-state index contributed by atoms with van der Waals surface area (Å²) in [5.41, 5.74) is 1.00. The topological polar surface area (TPSA) is 63.7 Å². The molecular weight excluding hydrogens is 377 g/mol. The van der Waals surface area contributed by atoms with Gasteiger partial charge in [0.1, 0.15) is 16.6 Å². The Morgan fingerprint density at radius 3 is 2.73 bits per heavy atom. The van der Waals surface area contributed by atoms with E-state index in [1.807, 2.05) is 6.07 Å². The number of hydrogen-bond acceptors (Lipinski definition) is 5. The number of ether oxygens (including phenoxy) is 2. The molecule has 3 rings (SSSR count). The third-order valence-electron chi connectivity index (χ3n) is 3.96. The zero-order valence-electron chi connectivity index (χ0n) is 14.2. The fourth-order valence-corrected chi connectivity index (χ4v) is 2.85. The molecule has 2 heterocycles. The number of nitrogens with zero attached hydrogens (tertiary/aromatic N) is 2. The molecule has 0 radical (unpaired) electrons. The van der Waals surface area contributed by atoms with Crippen LogP contribution < -0.4 is 15.0 Å². The van der Waals surface area contributed by atoms with Gasteiger partial charge >= 0.3 is 0 Å². The first-order valence-corrected chi connectivity index (χ1v) is 9.00. The van der Waals surface area contributed by atoms with Crippen LogP contribution in [0.25, 0.3) is 0 Å². The van der Waals surface area contributed by atoms with Crippen molar-refractivity contribution in [1.29, 1.82) is 0 Å². The van der Waals surface area contributed by atoms with Crippen molar-refractivity contribution in [2.45, 2.75) is 13.0 Å². The smallest absolute Gasteiger partial charge is 0.266 e. The van der Waals surface area contributed by atoms with Gasteiger partial charge in [-0.2, -0.15) is 0 Å². The highest BCUT2D eigenvalue weighted by Gasteiger charge is 2.18. The summed E-state index contributed by atoms with van der Waals surface area (Å²) in [6.45, 7) is 4.71. The van der Waals surface area contributed by atoms with Gasteiger partial charge in [0.25, 0.3) is 5.91 Å². The molecule has 1 saturated heterocycles. The number of hydrogen-bond donors (Lipinski definition) is 1. The van der Waals surface area contributed by atoms with Gasteiger partial charge in [-0.25, -0.2) is 4.98 Å². The molecule has 0 aliphatic carbocycles. The molecule has 26 heavy (non-hydrogen) atoms. The van der Waals surface area contributed by atoms with E-state index < -0.39 is 6.10 Å². The largest absolute Gasteiger partial charge is 0.479 e. The molecular formula is C18H19Cl2N3O3. The lowest BCUT2D eigenvalue weighted by Gasteiger charge is -2.28. The van der Waals surface area contributed by atoms with E-state index in [-0.39, 0.29) is 10.9 Å². The standard InChI is InChI=1S/C18H19Cl2N3O3/c1-12(26-15-4-2-3-14(19)17(15)20)18(24)22-16-6-5-13(11-21-16)23-7-9-25-10-8-23/h2-6,11-12H,7-10H2,1H3,(H,21,22,24). The Balaban J connectivity index is 1.59. The predicted octanol–water partition coefficient (Wildman–Crippen LogP) is 3.63. The van der Waals surface area contributed by atoms with Crippen molar-refractivity contribution < 1.29 is 14.3 Å². The maximum atomic E-state index is 12.3. The first-order chi connectivity index (χ1) is 12.5. The van der Waals surface area contributed by atoms with Crippen LogP contribution in [0, 0.1) is 0 Å². The number of benzene rings is 1. The summed E-state index contributed by atoms with van der Waals surface area (Å²) >= 11 is 12.0. The number of amides is 1. The highest BCUT2D eigenvalue weighted by molar-refractivity contribution is 6.42. The molecule has 138 valence electrons. The molecule has 1 unspecified atom stereocenters. The summed E-state index contributed by atoms with van der Waals surface area (Å²) in [6, 6.07) is 8.71. The molecule has 8 heteroatoms. The molecule has 1 fully saturated rings. The lowest BCUT2D eigenvalue weighted by Crippen LogP contribution is -2.36. The minimum absolute atomic E-state index is 0.279. The highest BCUT2D eigenvalue weighted by Crippen LogP contribution is 2.32. The monoisotopic (exact) mass is 395 g/mol. The minimum Gasteiger partial charge on any atom is -0.479 e. The molecule has 1 aromatic carbocycles. The third-order valence-corrected chi connectivity index (χ3v) is 4.77. The fourth-order valence-electron chi connectivity index (χ4n) is 2.52. The number of morpholine rings is 1. The number of anilines is 2. The molecule has 6 nitrogen and oxygen atoms in total. The maximum absolute atomic E-state index is 12.3. The van der Waals surface area contributed by atoms with Gasteiger partial charge in [-0.05, 0) is 31.2 Å². The Bertz CT molecular complexity index is 765. The number of aromatic nitrogens is 1. The molecule has 1 aromatic heterocycles. The van der Waals surface area contributed by atoms with Gasteiger partial charge in [-0.3, -0.25) is 4.79 Å². The van der Waals surface area contributed by atoms with Crippen molar-refractivity contribution >= 4 is 40.6 Å². The summed E-state index contributed by atoms with van der Waals surface area (Å²) < 4.78 is 10.9. The van der Waals surface area contributed by atoms with E-state index in [1.54, 1.807) is 37.4 Å². The normalized spacial score (nSPS) is 15.4. The summed E-state index contributed by atoms with van der Waals surface area (Å²) in [5.74, 6) is 0.491. The van der Waals surface area contributed by atoms with Crippen molar-refractivity contribution in [3.05, 3.63) is 46.6 Å². The summed E-state index contributed by atoms with van der Waals surface area (Å²) in [7, 11) is 0. The molecule has 1 atom stereocenters. The lowest BCUT2D eigenvalue weighted by atomic mass is 10.3. The van der Waals surface area contributed by atoms with Crippen LogP contribution in [-0.2, 0) is 9.53 Å². The van der Waals surface area contributed by atoms with Crippen LogP contribution in [-0.4, -0.2) is 43.3 Å². The van der Waals surface area contributed by atoms with Crippen molar-refractivity contribution in [3.63, 3.8) is 0 Å². The first-order valence-electron chi connectivity index (χ1n) is 8.25. The Kier molecular flexibility index (Phi) is 6.19. The van der Waals surface area contributed by atoms with Crippen LogP contribution in [0.15, 0.2) is 36.5 Å². The number of carbonyl (C=O) groups is 1. The van der Waals surface area contributed by atoms with Crippen molar-refractivity contribution in [3.8, 4) is 5.75 Å². The van der Waals surface area contributed by atoms with Gasteiger partial charge in [0.05, 0.1) is 30.1 Å². The van der Waals surface area contributed by atoms with Crippen molar-refractivity contribution in [2.24, 2.45) is 0 Å². The van der Waals surface area contributed by atoms with E-state index in [0.29, 0.717) is 29.8 Å². The number of pyridine rings is 1. The van der Waals surface area contributed by atoms with Gasteiger partial charge in [0.2, 0.25) is 0 Å². The second kappa shape index (κ2) is 8.58. The number of nitrogens with one attached hydrogen (secondary N) is 1. The van der Waals surface area contributed by atoms with Crippen molar-refractivity contribution in [2.75, 3.05) is 36.5 Å². The predicted molar refractivity (Wildman–Crippen MR) is 102 cm³/mol. The van der Waals surface area contributed by atoms with E-state index in [2.05, 4.69) is 15.2 Å². The summed E-state index contributed by atoms with van der Waals surface area (Å²) in [6.07, 6.45) is 0.979. The van der Waals surface area contributed by atoms with E-state index in [1.165, 1.54) is 0 Å². The Labute approximate surface area is 162 Å². The molecule has 1 amide bonds. The highest BCUT2D eigenvalue weighted by atomic mass is 35.5. The average Bonchev–Trinajstić information content (AvgIpc) is 2.66. The van der Waals surface area contributed by atoms with E-state index in [9.17, 15) is 4.79 Å². The average molecular weight is 396 g/mol. The van der Waals surface area contributed by atoms with Gasteiger partial charge in [0.15, 0.2) is 6.10 Å². The second-order valence-corrected chi connectivity index (χ2v) is 6.59. The van der Waals surface area contributed by atoms with Gasteiger partial charge < -0.3 is 19.7 Å². The Morgan fingerprint density at radius 2 is 2.04 bits per heavy atom. The van der Waals surface area contributed by atoms with Crippen LogP contribution in [0.2, 0.25) is 10.0 Å². The summed E-state index contributed by atoms with van der Waals surface area (Å²) in [4.78, 5) is 18.8. The number of halogens is 2. The molecule has 2 aromatic rings. The van der Waals surface area contributed by atoms with Crippen LogP contribution in [0.5, 0.6) is 5.75 Å². The Hall–Kier alpha value is -2.02. The lowest BCUT2D eigenvalue weighted by molar-refractivity contribution is -0.122. The minimum atomic E-state index is -0.758. The van der Waals surface area contributed by atoms with E-state index in [0.717, 1.165) is 18.8 Å². The van der Waals surface area contributed by atoms with Crippen LogP contribution in [0.1, 0.15) is 6.92 Å². The quantitative estimate of drug-likeness (QED) is 0.836. The zero-order valence-corrected chi connectivity index (χ0v) is 15.8. The van der Waals surface area contributed by atoms with Gasteiger partial charge in [-0.15, -0.1) is 0 Å². The first kappa shape index (κ1) is 18.8. The molecule has 1 aliphatic rings. The van der Waals surface area contributed by atoms with Crippen LogP contribution in [0.3, 0.4) is 0 Å². The van der Waals surface area contributed by atoms with Gasteiger partial charge in [0, 0.05) is 13.1 Å². The molecule has 0 spiro atoms. The van der Waals surface area contributed by atoms with Crippen LogP contribution in [0.4, 0.5) is 11.5 Å². The second-order valence-electron chi connectivity index (χ2n) is 5.80. The Morgan fingerprint density at radius 1 is 1.27 bits per heavy atom. The zero-order chi connectivity index (χ0) is 18.5. The van der Waals surface area contributed by atoms with Gasteiger partial charge in [-0.1, -0.05) is 29.3 Å². The third kappa shape index (κ3) is 4.58. The molecule has 1 aliphatic heterocycles.